The molecule has 0 amide bonds. The molecule has 0 saturated carbocycles. The molecule has 89 valence electrons. The number of hydrogen-bond donors (Lipinski definition) is 1. The fourth-order valence-electron chi connectivity index (χ4n) is 2.23. The molecule has 3 nitrogen and oxygen atoms in total. The molecule has 1 atom stereocenters. The van der Waals surface area contributed by atoms with Crippen molar-refractivity contribution >= 4 is 8.80 Å². The molecule has 0 aromatic heterocycles. The van der Waals surface area contributed by atoms with E-state index in [0.717, 1.165) is 6.54 Å². The Kier molecular flexibility index (Phi) is 5.25. The lowest BCUT2D eigenvalue weighted by Crippen LogP contribution is -2.50. The van der Waals surface area contributed by atoms with Crippen LogP contribution in [0.4, 0.5) is 0 Å². The SMILES string of the molecule is CCN(CC)CC[Si]1CCNC1(C)OC. The monoisotopic (exact) mass is 229 g/mol. The Hall–Kier alpha value is 0.0969. The van der Waals surface area contributed by atoms with Crippen LogP contribution in [0.2, 0.25) is 12.1 Å². The van der Waals surface area contributed by atoms with Gasteiger partial charge >= 0.3 is 0 Å². The molecule has 1 aliphatic heterocycles. The molecule has 4 heteroatoms. The van der Waals surface area contributed by atoms with Crippen LogP contribution in [0, 0.1) is 0 Å². The van der Waals surface area contributed by atoms with Crippen LogP contribution in [-0.4, -0.2) is 52.3 Å². The summed E-state index contributed by atoms with van der Waals surface area (Å²) in [5.74, 6) is 0. The Labute approximate surface area is 95.8 Å². The number of methoxy groups -OCH3 is 1. The van der Waals surface area contributed by atoms with Gasteiger partial charge in [-0.25, -0.2) is 0 Å². The van der Waals surface area contributed by atoms with Crippen LogP contribution >= 0.6 is 0 Å². The fourth-order valence-corrected chi connectivity index (χ4v) is 5.11. The minimum Gasteiger partial charge on any atom is -0.368 e. The van der Waals surface area contributed by atoms with Gasteiger partial charge < -0.3 is 9.64 Å². The highest BCUT2D eigenvalue weighted by Crippen LogP contribution is 2.22. The number of nitrogens with one attached hydrogen (secondary N) is 1. The van der Waals surface area contributed by atoms with Crippen molar-refractivity contribution in [3.05, 3.63) is 0 Å². The maximum atomic E-state index is 5.63. The molecular formula is C11H25N2OSi. The molecule has 1 N–H and O–H groups in total. The molecule has 0 spiro atoms. The van der Waals surface area contributed by atoms with Crippen LogP contribution in [0.25, 0.3) is 0 Å². The third-order valence-electron chi connectivity index (χ3n) is 3.60. The molecule has 1 rings (SSSR count). The Balaban J connectivity index is 2.37. The molecule has 0 bridgehead atoms. The smallest absolute Gasteiger partial charge is 0.111 e. The van der Waals surface area contributed by atoms with Crippen molar-refractivity contribution in [2.45, 2.75) is 38.2 Å². The maximum absolute atomic E-state index is 5.63. The first-order chi connectivity index (χ1) is 7.16. The molecule has 15 heavy (non-hydrogen) atoms. The van der Waals surface area contributed by atoms with Gasteiger partial charge in [-0.2, -0.15) is 0 Å². The Morgan fingerprint density at radius 2 is 2.07 bits per heavy atom. The van der Waals surface area contributed by atoms with Crippen LogP contribution in [-0.2, 0) is 4.74 Å². The molecule has 1 saturated heterocycles. The standard InChI is InChI=1S/C11H25N2OSi/c1-5-13(6-2)8-10-15-9-7-12-11(15,3)14-4/h12H,5-10H2,1-4H3. The molecule has 0 aromatic carbocycles. The number of rotatable bonds is 6. The molecule has 1 heterocycles. The van der Waals surface area contributed by atoms with Crippen LogP contribution < -0.4 is 5.32 Å². The Morgan fingerprint density at radius 1 is 1.40 bits per heavy atom. The van der Waals surface area contributed by atoms with E-state index in [1.54, 1.807) is 0 Å². The van der Waals surface area contributed by atoms with Crippen LogP contribution in [0.1, 0.15) is 20.8 Å². The van der Waals surface area contributed by atoms with Crippen molar-refractivity contribution in [1.29, 1.82) is 0 Å². The molecule has 1 radical (unpaired) electrons. The topological polar surface area (TPSA) is 24.5 Å². The Morgan fingerprint density at radius 3 is 2.60 bits per heavy atom. The highest BCUT2D eigenvalue weighted by Gasteiger charge is 2.39. The molecule has 1 aliphatic rings. The first-order valence-corrected chi connectivity index (χ1v) is 7.95. The van der Waals surface area contributed by atoms with E-state index in [1.807, 2.05) is 7.11 Å². The summed E-state index contributed by atoms with van der Waals surface area (Å²) in [5.41, 5.74) is 0. The maximum Gasteiger partial charge on any atom is 0.111 e. The second kappa shape index (κ2) is 5.99. The van der Waals surface area contributed by atoms with Gasteiger partial charge in [0.2, 0.25) is 0 Å². The van der Waals surface area contributed by atoms with Crippen molar-refractivity contribution in [1.82, 2.24) is 10.2 Å². The number of ether oxygens (including phenoxy) is 1. The van der Waals surface area contributed by atoms with Gasteiger partial charge in [0, 0.05) is 7.11 Å². The van der Waals surface area contributed by atoms with Gasteiger partial charge in [0.1, 0.15) is 8.80 Å². The van der Waals surface area contributed by atoms with E-state index in [2.05, 4.69) is 31.0 Å². The van der Waals surface area contributed by atoms with Gasteiger partial charge in [-0.3, -0.25) is 5.32 Å². The first-order valence-electron chi connectivity index (χ1n) is 6.04. The summed E-state index contributed by atoms with van der Waals surface area (Å²) < 4.78 is 5.63. The lowest BCUT2D eigenvalue weighted by Gasteiger charge is -2.30. The van der Waals surface area contributed by atoms with Gasteiger partial charge in [-0.15, -0.1) is 0 Å². The summed E-state index contributed by atoms with van der Waals surface area (Å²) in [6, 6.07) is 2.68. The van der Waals surface area contributed by atoms with Gasteiger partial charge in [-0.05, 0) is 45.2 Å². The van der Waals surface area contributed by atoms with Crippen LogP contribution in [0.15, 0.2) is 0 Å². The summed E-state index contributed by atoms with van der Waals surface area (Å²) in [5, 5.41) is 3.51. The second-order valence-corrected chi connectivity index (χ2v) is 7.46. The van der Waals surface area contributed by atoms with E-state index >= 15 is 0 Å². The summed E-state index contributed by atoms with van der Waals surface area (Å²) >= 11 is 0. The van der Waals surface area contributed by atoms with Gasteiger partial charge in [-0.1, -0.05) is 13.8 Å². The molecule has 1 fully saturated rings. The van der Waals surface area contributed by atoms with Gasteiger partial charge in [0.25, 0.3) is 0 Å². The van der Waals surface area contributed by atoms with E-state index in [9.17, 15) is 0 Å². The molecule has 1 unspecified atom stereocenters. The van der Waals surface area contributed by atoms with Crippen LogP contribution in [0.3, 0.4) is 0 Å². The molecule has 0 aromatic rings. The van der Waals surface area contributed by atoms with E-state index < -0.39 is 0 Å². The average Bonchev–Trinajstić information content (AvgIpc) is 2.63. The second-order valence-electron chi connectivity index (χ2n) is 4.29. The Bertz CT molecular complexity index is 187. The largest absolute Gasteiger partial charge is 0.368 e. The summed E-state index contributed by atoms with van der Waals surface area (Å²) in [7, 11) is 1.44. The minimum atomic E-state index is -0.390. The third-order valence-corrected chi connectivity index (χ3v) is 7.01. The number of nitrogens with zero attached hydrogens (tertiary/aromatic N) is 1. The highest BCUT2D eigenvalue weighted by molar-refractivity contribution is 6.62. The quantitative estimate of drug-likeness (QED) is 0.696. The zero-order valence-corrected chi connectivity index (χ0v) is 11.6. The van der Waals surface area contributed by atoms with E-state index in [4.69, 9.17) is 4.74 Å². The van der Waals surface area contributed by atoms with Crippen molar-refractivity contribution in [3.63, 3.8) is 0 Å². The van der Waals surface area contributed by atoms with E-state index in [1.165, 1.54) is 31.7 Å². The lowest BCUT2D eigenvalue weighted by molar-refractivity contribution is 0.0526. The van der Waals surface area contributed by atoms with Crippen molar-refractivity contribution in [2.75, 3.05) is 33.3 Å². The predicted molar refractivity (Wildman–Crippen MR) is 66.6 cm³/mol. The summed E-state index contributed by atoms with van der Waals surface area (Å²) in [6.45, 7) is 11.4. The van der Waals surface area contributed by atoms with Crippen molar-refractivity contribution < 1.29 is 4.74 Å². The molecule has 0 aliphatic carbocycles. The zero-order chi connectivity index (χ0) is 11.3. The third kappa shape index (κ3) is 3.28. The average molecular weight is 229 g/mol. The molecular weight excluding hydrogens is 204 g/mol. The van der Waals surface area contributed by atoms with E-state index in [0.29, 0.717) is 0 Å². The lowest BCUT2D eigenvalue weighted by atomic mass is 10.5. The highest BCUT2D eigenvalue weighted by atomic mass is 28.3. The van der Waals surface area contributed by atoms with Crippen molar-refractivity contribution in [3.8, 4) is 0 Å². The fraction of sp³-hybridized carbons (Fsp3) is 1.00. The minimum absolute atomic E-state index is 0.0117. The first kappa shape index (κ1) is 13.2. The van der Waals surface area contributed by atoms with Crippen LogP contribution in [0.5, 0.6) is 0 Å². The van der Waals surface area contributed by atoms with E-state index in [-0.39, 0.29) is 14.1 Å². The van der Waals surface area contributed by atoms with Gasteiger partial charge in [0.05, 0.1) is 5.35 Å². The number of hydrogen-bond acceptors (Lipinski definition) is 3. The normalized spacial score (nSPS) is 27.8. The van der Waals surface area contributed by atoms with Gasteiger partial charge in [0.15, 0.2) is 0 Å². The summed E-state index contributed by atoms with van der Waals surface area (Å²) in [4.78, 5) is 2.51. The zero-order valence-electron chi connectivity index (χ0n) is 10.6. The summed E-state index contributed by atoms with van der Waals surface area (Å²) in [6.07, 6.45) is 0. The van der Waals surface area contributed by atoms with Crippen molar-refractivity contribution in [2.24, 2.45) is 0 Å². The predicted octanol–water partition coefficient (Wildman–Crippen LogP) is 1.33.